The van der Waals surface area contributed by atoms with Crippen molar-refractivity contribution >= 4 is 0 Å². The Morgan fingerprint density at radius 1 is 1.04 bits per heavy atom. The van der Waals surface area contributed by atoms with Gasteiger partial charge in [-0.1, -0.05) is 12.5 Å². The second-order valence-corrected chi connectivity index (χ2v) is 6.80. The zero-order valence-corrected chi connectivity index (χ0v) is 13.6. The molecule has 2 saturated heterocycles. The maximum Gasteiger partial charge on any atom is 0.131 e. The average Bonchev–Trinajstić information content (AvgIpc) is 2.95. The molecule has 23 heavy (non-hydrogen) atoms. The first-order chi connectivity index (χ1) is 11.1. The minimum Gasteiger partial charge on any atom is -0.387 e. The average molecular weight is 324 g/mol. The molecule has 1 aromatic rings. The molecule has 2 unspecified atom stereocenters. The van der Waals surface area contributed by atoms with Crippen LogP contribution in [0.5, 0.6) is 0 Å². The molecule has 3 nitrogen and oxygen atoms in total. The highest BCUT2D eigenvalue weighted by molar-refractivity contribution is 5.22. The molecule has 3 rings (SSSR count). The van der Waals surface area contributed by atoms with Crippen LogP contribution in [0, 0.1) is 11.6 Å². The van der Waals surface area contributed by atoms with Crippen LogP contribution in [0.3, 0.4) is 0 Å². The van der Waals surface area contributed by atoms with Crippen molar-refractivity contribution in [1.82, 2.24) is 9.80 Å². The van der Waals surface area contributed by atoms with E-state index in [9.17, 15) is 13.9 Å². The number of β-amino-alcohol motifs (C(OH)–C–C–N with tert-alkyl or cyclic N) is 1. The predicted molar refractivity (Wildman–Crippen MR) is 86.2 cm³/mol. The van der Waals surface area contributed by atoms with Crippen LogP contribution in [-0.4, -0.2) is 53.7 Å². The van der Waals surface area contributed by atoms with Gasteiger partial charge in [-0.2, -0.15) is 0 Å². The molecule has 0 radical (unpaired) electrons. The second-order valence-electron chi connectivity index (χ2n) is 6.80. The van der Waals surface area contributed by atoms with E-state index in [1.807, 2.05) is 0 Å². The van der Waals surface area contributed by atoms with Crippen LogP contribution in [0.1, 0.15) is 43.8 Å². The smallest absolute Gasteiger partial charge is 0.131 e. The molecule has 2 heterocycles. The highest BCUT2D eigenvalue weighted by Gasteiger charge is 2.30. The molecule has 0 bridgehead atoms. The molecular formula is C18H26F2N2O. The molecule has 2 aliphatic heterocycles. The summed E-state index contributed by atoms with van der Waals surface area (Å²) in [6.45, 7) is 4.50. The predicted octanol–water partition coefficient (Wildman–Crippen LogP) is 2.95. The Morgan fingerprint density at radius 3 is 2.43 bits per heavy atom. The number of halogens is 2. The van der Waals surface area contributed by atoms with Crippen LogP contribution in [0.25, 0.3) is 0 Å². The van der Waals surface area contributed by atoms with Crippen LogP contribution in [-0.2, 0) is 0 Å². The van der Waals surface area contributed by atoms with Crippen LogP contribution in [0.15, 0.2) is 18.2 Å². The number of piperidine rings is 1. The van der Waals surface area contributed by atoms with E-state index in [1.165, 1.54) is 37.5 Å². The molecule has 2 fully saturated rings. The topological polar surface area (TPSA) is 26.7 Å². The largest absolute Gasteiger partial charge is 0.387 e. The fraction of sp³-hybridized carbons (Fsp3) is 0.667. The number of benzene rings is 1. The minimum absolute atomic E-state index is 0.198. The highest BCUT2D eigenvalue weighted by atomic mass is 19.1. The van der Waals surface area contributed by atoms with Gasteiger partial charge in [0.05, 0.1) is 11.7 Å². The summed E-state index contributed by atoms with van der Waals surface area (Å²) in [6, 6.07) is 4.13. The van der Waals surface area contributed by atoms with Crippen LogP contribution < -0.4 is 0 Å². The first-order valence-electron chi connectivity index (χ1n) is 8.73. The molecule has 0 spiro atoms. The quantitative estimate of drug-likeness (QED) is 0.902. The summed E-state index contributed by atoms with van der Waals surface area (Å²) >= 11 is 0. The lowest BCUT2D eigenvalue weighted by atomic mass is 10.1. The van der Waals surface area contributed by atoms with Crippen molar-refractivity contribution in [2.75, 3.05) is 32.7 Å². The number of likely N-dealkylation sites (tertiary alicyclic amines) is 2. The Bertz CT molecular complexity index is 499. The molecule has 0 amide bonds. The van der Waals surface area contributed by atoms with Gasteiger partial charge in [-0.3, -0.25) is 4.90 Å². The van der Waals surface area contributed by atoms with Gasteiger partial charge in [-0.05, 0) is 57.5 Å². The first-order valence-corrected chi connectivity index (χ1v) is 8.73. The van der Waals surface area contributed by atoms with Gasteiger partial charge in [0.2, 0.25) is 0 Å². The molecular weight excluding hydrogens is 298 g/mol. The van der Waals surface area contributed by atoms with Crippen LogP contribution in [0.4, 0.5) is 8.78 Å². The zero-order chi connectivity index (χ0) is 16.2. The van der Waals surface area contributed by atoms with Crippen molar-refractivity contribution in [2.45, 2.75) is 44.2 Å². The molecule has 0 aliphatic carbocycles. The lowest BCUT2D eigenvalue weighted by Gasteiger charge is -2.33. The highest BCUT2D eigenvalue weighted by Crippen LogP contribution is 2.26. The molecule has 2 atom stereocenters. The van der Waals surface area contributed by atoms with Crippen molar-refractivity contribution < 1.29 is 13.9 Å². The van der Waals surface area contributed by atoms with E-state index in [-0.39, 0.29) is 5.56 Å². The maximum absolute atomic E-state index is 13.8. The molecule has 0 aromatic heterocycles. The SMILES string of the molecule is OC(CN1CCCC1CN1CCCCC1)c1c(F)cccc1F. The van der Waals surface area contributed by atoms with E-state index in [2.05, 4.69) is 9.80 Å². The summed E-state index contributed by atoms with van der Waals surface area (Å²) in [5.74, 6) is -1.33. The van der Waals surface area contributed by atoms with Gasteiger partial charge in [-0.15, -0.1) is 0 Å². The summed E-state index contributed by atoms with van der Waals surface area (Å²) in [5, 5.41) is 10.3. The minimum atomic E-state index is -1.11. The standard InChI is InChI=1S/C18H26F2N2O/c19-15-7-4-8-16(20)18(15)17(23)13-22-11-5-6-14(22)12-21-9-2-1-3-10-21/h4,7-8,14,17,23H,1-3,5-6,9-13H2. The van der Waals surface area contributed by atoms with Crippen molar-refractivity contribution in [2.24, 2.45) is 0 Å². The Kier molecular flexibility index (Phi) is 5.62. The Hall–Kier alpha value is -1.04. The van der Waals surface area contributed by atoms with Gasteiger partial charge >= 0.3 is 0 Å². The van der Waals surface area contributed by atoms with Crippen molar-refractivity contribution in [3.05, 3.63) is 35.4 Å². The van der Waals surface area contributed by atoms with Crippen LogP contribution in [0.2, 0.25) is 0 Å². The number of rotatable bonds is 5. The van der Waals surface area contributed by atoms with Gasteiger partial charge in [0.1, 0.15) is 11.6 Å². The van der Waals surface area contributed by atoms with Crippen molar-refractivity contribution in [1.29, 1.82) is 0 Å². The van der Waals surface area contributed by atoms with E-state index < -0.39 is 17.7 Å². The number of aliphatic hydroxyl groups is 1. The monoisotopic (exact) mass is 324 g/mol. The summed E-state index contributed by atoms with van der Waals surface area (Å²) in [7, 11) is 0. The van der Waals surface area contributed by atoms with Gasteiger partial charge in [0, 0.05) is 19.1 Å². The van der Waals surface area contributed by atoms with E-state index in [1.54, 1.807) is 0 Å². The van der Waals surface area contributed by atoms with Gasteiger partial charge < -0.3 is 10.0 Å². The van der Waals surface area contributed by atoms with E-state index in [0.29, 0.717) is 12.6 Å². The fourth-order valence-electron chi connectivity index (χ4n) is 3.92. The molecule has 2 aliphatic rings. The van der Waals surface area contributed by atoms with Crippen LogP contribution >= 0.6 is 0 Å². The maximum atomic E-state index is 13.8. The summed E-state index contributed by atoms with van der Waals surface area (Å²) in [5.41, 5.74) is -0.198. The second kappa shape index (κ2) is 7.69. The molecule has 128 valence electrons. The molecule has 0 saturated carbocycles. The third kappa shape index (κ3) is 4.08. The van der Waals surface area contributed by atoms with Gasteiger partial charge in [0.15, 0.2) is 0 Å². The zero-order valence-electron chi connectivity index (χ0n) is 13.6. The number of aliphatic hydroxyl groups excluding tert-OH is 1. The summed E-state index contributed by atoms with van der Waals surface area (Å²) in [4.78, 5) is 4.69. The number of hydrogen-bond acceptors (Lipinski definition) is 3. The summed E-state index contributed by atoms with van der Waals surface area (Å²) < 4.78 is 27.6. The molecule has 5 heteroatoms. The van der Waals surface area contributed by atoms with Crippen molar-refractivity contribution in [3.8, 4) is 0 Å². The third-order valence-electron chi connectivity index (χ3n) is 5.16. The Morgan fingerprint density at radius 2 is 1.74 bits per heavy atom. The van der Waals surface area contributed by atoms with E-state index in [4.69, 9.17) is 0 Å². The molecule has 1 N–H and O–H groups in total. The lowest BCUT2D eigenvalue weighted by molar-refractivity contribution is 0.0835. The van der Waals surface area contributed by atoms with Gasteiger partial charge in [-0.25, -0.2) is 8.78 Å². The Labute approximate surface area is 136 Å². The van der Waals surface area contributed by atoms with E-state index in [0.717, 1.165) is 39.0 Å². The number of hydrogen-bond donors (Lipinski definition) is 1. The van der Waals surface area contributed by atoms with E-state index >= 15 is 0 Å². The lowest BCUT2D eigenvalue weighted by Crippen LogP contribution is -2.43. The number of nitrogens with zero attached hydrogens (tertiary/aromatic N) is 2. The third-order valence-corrected chi connectivity index (χ3v) is 5.16. The van der Waals surface area contributed by atoms with Crippen molar-refractivity contribution in [3.63, 3.8) is 0 Å². The first kappa shape index (κ1) is 16.8. The fourth-order valence-corrected chi connectivity index (χ4v) is 3.92. The normalized spacial score (nSPS) is 24.9. The molecule has 1 aromatic carbocycles. The Balaban J connectivity index is 1.61. The van der Waals surface area contributed by atoms with Gasteiger partial charge in [0.25, 0.3) is 0 Å². The summed E-state index contributed by atoms with van der Waals surface area (Å²) in [6.07, 6.45) is 4.91.